The van der Waals surface area contributed by atoms with E-state index in [1.165, 1.54) is 6.92 Å². The van der Waals surface area contributed by atoms with Gasteiger partial charge in [0.1, 0.15) is 18.9 Å². The Bertz CT molecular complexity index is 462. The van der Waals surface area contributed by atoms with E-state index in [1.54, 1.807) is 6.92 Å². The molecule has 1 aromatic carbocycles. The molecule has 0 unspecified atom stereocenters. The Hall–Kier alpha value is -2.37. The van der Waals surface area contributed by atoms with Crippen LogP contribution in [0.5, 0.6) is 0 Å². The molecule has 2 amide bonds. The first kappa shape index (κ1) is 15.7. The number of hydrogen-bond donors (Lipinski definition) is 2. The highest BCUT2D eigenvalue weighted by atomic mass is 16.5. The van der Waals surface area contributed by atoms with E-state index in [2.05, 4.69) is 10.6 Å². The van der Waals surface area contributed by atoms with Crippen LogP contribution in [-0.4, -0.2) is 30.4 Å². The Balaban J connectivity index is 2.34. The summed E-state index contributed by atoms with van der Waals surface area (Å²) >= 11 is 0. The highest BCUT2D eigenvalue weighted by Gasteiger charge is 2.17. The van der Waals surface area contributed by atoms with Crippen LogP contribution in [0.25, 0.3) is 0 Å². The maximum absolute atomic E-state index is 11.6. The molecule has 0 fully saturated rings. The Morgan fingerprint density at radius 1 is 1.20 bits per heavy atom. The van der Waals surface area contributed by atoms with Gasteiger partial charge in [-0.3, -0.25) is 4.79 Å². The lowest BCUT2D eigenvalue weighted by molar-refractivity contribution is -0.125. The maximum Gasteiger partial charge on any atom is 0.408 e. The zero-order chi connectivity index (χ0) is 15.0. The van der Waals surface area contributed by atoms with Crippen molar-refractivity contribution in [1.29, 1.82) is 0 Å². The molecule has 6 nitrogen and oxygen atoms in total. The van der Waals surface area contributed by atoms with Crippen molar-refractivity contribution in [3.05, 3.63) is 35.9 Å². The molecule has 1 aromatic rings. The van der Waals surface area contributed by atoms with E-state index in [9.17, 15) is 14.4 Å². The van der Waals surface area contributed by atoms with Crippen molar-refractivity contribution in [1.82, 2.24) is 10.6 Å². The normalized spacial score (nSPS) is 12.9. The Kier molecular flexibility index (Phi) is 6.22. The molecule has 0 bridgehead atoms. The third kappa shape index (κ3) is 5.51. The van der Waals surface area contributed by atoms with Gasteiger partial charge in [0.2, 0.25) is 5.91 Å². The lowest BCUT2D eigenvalue weighted by Crippen LogP contribution is -2.47. The first-order valence-corrected chi connectivity index (χ1v) is 6.26. The van der Waals surface area contributed by atoms with Crippen LogP contribution in [0.3, 0.4) is 0 Å². The second-order valence-electron chi connectivity index (χ2n) is 4.36. The molecule has 0 saturated heterocycles. The average molecular weight is 278 g/mol. The van der Waals surface area contributed by atoms with Gasteiger partial charge in [-0.25, -0.2) is 4.79 Å². The topological polar surface area (TPSA) is 84.5 Å². The van der Waals surface area contributed by atoms with Crippen molar-refractivity contribution < 1.29 is 19.1 Å². The number of amides is 2. The SMILES string of the molecule is C[C@H](NC(=O)OCc1ccccc1)C(=O)N[C@@H](C)C=O. The zero-order valence-electron chi connectivity index (χ0n) is 11.5. The van der Waals surface area contributed by atoms with E-state index < -0.39 is 24.1 Å². The van der Waals surface area contributed by atoms with Crippen LogP contribution in [0.4, 0.5) is 4.79 Å². The predicted molar refractivity (Wildman–Crippen MR) is 72.9 cm³/mol. The summed E-state index contributed by atoms with van der Waals surface area (Å²) in [5.41, 5.74) is 0.856. The highest BCUT2D eigenvalue weighted by Crippen LogP contribution is 2.00. The summed E-state index contributed by atoms with van der Waals surface area (Å²) in [4.78, 5) is 33.5. The second-order valence-corrected chi connectivity index (χ2v) is 4.36. The van der Waals surface area contributed by atoms with Crippen LogP contribution in [0, 0.1) is 0 Å². The number of benzene rings is 1. The fraction of sp³-hybridized carbons (Fsp3) is 0.357. The van der Waals surface area contributed by atoms with Gasteiger partial charge >= 0.3 is 6.09 Å². The van der Waals surface area contributed by atoms with Gasteiger partial charge in [-0.2, -0.15) is 0 Å². The molecule has 0 radical (unpaired) electrons. The molecule has 2 N–H and O–H groups in total. The molecule has 108 valence electrons. The molecule has 0 aromatic heterocycles. The van der Waals surface area contributed by atoms with Crippen LogP contribution in [-0.2, 0) is 20.9 Å². The number of ether oxygens (including phenoxy) is 1. The van der Waals surface area contributed by atoms with Crippen molar-refractivity contribution in [3.63, 3.8) is 0 Å². The van der Waals surface area contributed by atoms with Gasteiger partial charge in [0.25, 0.3) is 0 Å². The number of carbonyl (C=O) groups excluding carboxylic acids is 3. The third-order valence-corrected chi connectivity index (χ3v) is 2.51. The molecule has 0 heterocycles. The summed E-state index contributed by atoms with van der Waals surface area (Å²) in [5, 5.41) is 4.82. The summed E-state index contributed by atoms with van der Waals surface area (Å²) in [5.74, 6) is -0.443. The Morgan fingerprint density at radius 2 is 1.85 bits per heavy atom. The largest absolute Gasteiger partial charge is 0.445 e. The van der Waals surface area contributed by atoms with Crippen molar-refractivity contribution in [2.75, 3.05) is 0 Å². The van der Waals surface area contributed by atoms with Crippen LogP contribution in [0.1, 0.15) is 19.4 Å². The van der Waals surface area contributed by atoms with E-state index in [4.69, 9.17) is 4.74 Å². The van der Waals surface area contributed by atoms with E-state index in [-0.39, 0.29) is 6.61 Å². The van der Waals surface area contributed by atoms with Crippen molar-refractivity contribution in [3.8, 4) is 0 Å². The first-order chi connectivity index (χ1) is 9.52. The van der Waals surface area contributed by atoms with E-state index in [1.807, 2.05) is 30.3 Å². The van der Waals surface area contributed by atoms with Crippen molar-refractivity contribution >= 4 is 18.3 Å². The lowest BCUT2D eigenvalue weighted by atomic mass is 10.2. The van der Waals surface area contributed by atoms with Gasteiger partial charge in [0.15, 0.2) is 0 Å². The first-order valence-electron chi connectivity index (χ1n) is 6.26. The van der Waals surface area contributed by atoms with Crippen LogP contribution in [0.2, 0.25) is 0 Å². The van der Waals surface area contributed by atoms with Crippen LogP contribution >= 0.6 is 0 Å². The van der Waals surface area contributed by atoms with Crippen LogP contribution < -0.4 is 10.6 Å². The summed E-state index contributed by atoms with van der Waals surface area (Å²) in [6.45, 7) is 3.19. The van der Waals surface area contributed by atoms with Gasteiger partial charge in [-0.15, -0.1) is 0 Å². The number of nitrogens with one attached hydrogen (secondary N) is 2. The summed E-state index contributed by atoms with van der Waals surface area (Å²) in [7, 11) is 0. The predicted octanol–water partition coefficient (Wildman–Crippen LogP) is 1.00. The molecule has 1 rings (SSSR count). The molecule has 0 spiro atoms. The molecule has 0 saturated carbocycles. The summed E-state index contributed by atoms with van der Waals surface area (Å²) in [6, 6.07) is 7.84. The minimum Gasteiger partial charge on any atom is -0.445 e. The second kappa shape index (κ2) is 7.93. The average Bonchev–Trinajstić information content (AvgIpc) is 2.45. The standard InChI is InChI=1S/C14H18N2O4/c1-10(8-17)15-13(18)11(2)16-14(19)20-9-12-6-4-3-5-7-12/h3-8,10-11H,9H2,1-2H3,(H,15,18)(H,16,19)/t10-,11-/m0/s1. The van der Waals surface area contributed by atoms with E-state index >= 15 is 0 Å². The number of hydrogen-bond acceptors (Lipinski definition) is 4. The third-order valence-electron chi connectivity index (χ3n) is 2.51. The van der Waals surface area contributed by atoms with Gasteiger partial charge in [0.05, 0.1) is 6.04 Å². The van der Waals surface area contributed by atoms with Gasteiger partial charge in [-0.1, -0.05) is 30.3 Å². The minimum atomic E-state index is -0.777. The molecule has 0 aliphatic rings. The molecule has 20 heavy (non-hydrogen) atoms. The quantitative estimate of drug-likeness (QED) is 0.760. The Labute approximate surface area is 117 Å². The number of rotatable bonds is 6. The summed E-state index contributed by atoms with van der Waals surface area (Å²) < 4.78 is 4.98. The smallest absolute Gasteiger partial charge is 0.408 e. The van der Waals surface area contributed by atoms with Gasteiger partial charge < -0.3 is 20.2 Å². The maximum atomic E-state index is 11.6. The van der Waals surface area contributed by atoms with Crippen LogP contribution in [0.15, 0.2) is 30.3 Å². The van der Waals surface area contributed by atoms with E-state index in [0.717, 1.165) is 5.56 Å². The molecular formula is C14H18N2O4. The van der Waals surface area contributed by atoms with E-state index in [0.29, 0.717) is 6.29 Å². The highest BCUT2D eigenvalue weighted by molar-refractivity contribution is 5.86. The van der Waals surface area contributed by atoms with Gasteiger partial charge in [0, 0.05) is 0 Å². The van der Waals surface area contributed by atoms with Crippen molar-refractivity contribution in [2.24, 2.45) is 0 Å². The number of carbonyl (C=O) groups is 3. The fourth-order valence-electron chi connectivity index (χ4n) is 1.39. The molecule has 6 heteroatoms. The summed E-state index contributed by atoms with van der Waals surface area (Å²) in [6.07, 6.45) is -0.0755. The molecular weight excluding hydrogens is 260 g/mol. The Morgan fingerprint density at radius 3 is 2.45 bits per heavy atom. The lowest BCUT2D eigenvalue weighted by Gasteiger charge is -2.15. The minimum absolute atomic E-state index is 0.131. The fourth-order valence-corrected chi connectivity index (χ4v) is 1.39. The molecule has 0 aliphatic carbocycles. The monoisotopic (exact) mass is 278 g/mol. The number of aldehydes is 1. The molecule has 0 aliphatic heterocycles. The zero-order valence-corrected chi connectivity index (χ0v) is 11.5. The van der Waals surface area contributed by atoms with Crippen molar-refractivity contribution in [2.45, 2.75) is 32.5 Å². The number of alkyl carbamates (subject to hydrolysis) is 1. The molecule has 2 atom stereocenters. The van der Waals surface area contributed by atoms with Gasteiger partial charge in [-0.05, 0) is 19.4 Å².